The molecule has 0 fully saturated rings. The van der Waals surface area contributed by atoms with Gasteiger partial charge in [-0.15, -0.1) is 0 Å². The molecule has 2 aliphatic rings. The first-order valence-corrected chi connectivity index (χ1v) is 12.2. The van der Waals surface area contributed by atoms with Crippen LogP contribution in [-0.2, 0) is 23.3 Å². The van der Waals surface area contributed by atoms with Crippen molar-refractivity contribution in [2.45, 2.75) is 32.4 Å². The predicted molar refractivity (Wildman–Crippen MR) is 139 cm³/mol. The van der Waals surface area contributed by atoms with E-state index >= 15 is 0 Å². The van der Waals surface area contributed by atoms with Gasteiger partial charge in [-0.1, -0.05) is 48.0 Å². The lowest BCUT2D eigenvalue weighted by atomic mass is 9.76. The van der Waals surface area contributed by atoms with Gasteiger partial charge in [-0.25, -0.2) is 4.79 Å². The summed E-state index contributed by atoms with van der Waals surface area (Å²) in [4.78, 5) is 31.7. The normalized spacial score (nSPS) is 18.2. The van der Waals surface area contributed by atoms with Crippen molar-refractivity contribution in [2.24, 2.45) is 0 Å². The van der Waals surface area contributed by atoms with Crippen molar-refractivity contribution in [3.8, 4) is 11.5 Å². The van der Waals surface area contributed by atoms with Gasteiger partial charge in [-0.2, -0.15) is 0 Å². The number of para-hydroxylation sites is 1. The third-order valence-corrected chi connectivity index (χ3v) is 7.18. The van der Waals surface area contributed by atoms with Crippen molar-refractivity contribution in [1.29, 1.82) is 0 Å². The summed E-state index contributed by atoms with van der Waals surface area (Å²) in [7, 11) is 3.18. The van der Waals surface area contributed by atoms with Crippen molar-refractivity contribution in [3.63, 3.8) is 0 Å². The zero-order valence-corrected chi connectivity index (χ0v) is 21.1. The topological polar surface area (TPSA) is 71.1 Å². The lowest BCUT2D eigenvalue weighted by molar-refractivity contribution is -0.126. The smallest absolute Gasteiger partial charge is 0.318 e. The van der Waals surface area contributed by atoms with Crippen molar-refractivity contribution in [1.82, 2.24) is 10.2 Å². The van der Waals surface area contributed by atoms with Crippen molar-refractivity contribution in [2.75, 3.05) is 32.2 Å². The molecule has 2 aliphatic heterocycles. The quantitative estimate of drug-likeness (QED) is 0.582. The molecule has 1 unspecified atom stereocenters. The average molecular weight is 486 g/mol. The van der Waals surface area contributed by atoms with Crippen LogP contribution in [0, 0.1) is 6.92 Å². The van der Waals surface area contributed by atoms with Crippen molar-refractivity contribution >= 4 is 17.6 Å². The molecular weight excluding hydrogens is 454 g/mol. The van der Waals surface area contributed by atoms with Crippen molar-refractivity contribution < 1.29 is 19.1 Å². The first-order chi connectivity index (χ1) is 17.4. The highest BCUT2D eigenvalue weighted by molar-refractivity contribution is 6.12. The molecule has 36 heavy (non-hydrogen) atoms. The van der Waals surface area contributed by atoms with E-state index < -0.39 is 5.54 Å². The number of rotatable bonds is 5. The maximum Gasteiger partial charge on any atom is 0.318 e. The molecule has 7 heteroatoms. The van der Waals surface area contributed by atoms with E-state index in [0.717, 1.165) is 33.5 Å². The third-order valence-electron chi connectivity index (χ3n) is 7.18. The largest absolute Gasteiger partial charge is 0.493 e. The average Bonchev–Trinajstić information content (AvgIpc) is 3.13. The fourth-order valence-electron chi connectivity index (χ4n) is 5.50. The molecule has 1 N–H and O–H groups in total. The highest BCUT2D eigenvalue weighted by Gasteiger charge is 2.59. The second kappa shape index (κ2) is 9.22. The molecule has 0 aromatic heterocycles. The van der Waals surface area contributed by atoms with Crippen LogP contribution in [0.2, 0.25) is 0 Å². The van der Waals surface area contributed by atoms with E-state index in [2.05, 4.69) is 5.32 Å². The van der Waals surface area contributed by atoms with Gasteiger partial charge in [0.2, 0.25) is 0 Å². The van der Waals surface area contributed by atoms with Gasteiger partial charge in [0.1, 0.15) is 0 Å². The van der Waals surface area contributed by atoms with Crippen molar-refractivity contribution in [3.05, 3.63) is 88.5 Å². The second-order valence-electron chi connectivity index (χ2n) is 9.21. The monoisotopic (exact) mass is 485 g/mol. The van der Waals surface area contributed by atoms with Crippen LogP contribution in [-0.4, -0.2) is 44.1 Å². The maximum atomic E-state index is 14.7. The number of carbonyl (C=O) groups is 2. The van der Waals surface area contributed by atoms with Gasteiger partial charge in [0.25, 0.3) is 5.91 Å². The van der Waals surface area contributed by atoms with E-state index in [1.807, 2.05) is 74.5 Å². The van der Waals surface area contributed by atoms with E-state index in [1.165, 1.54) is 0 Å². The van der Waals surface area contributed by atoms with Crippen LogP contribution < -0.4 is 19.7 Å². The Morgan fingerprint density at radius 1 is 1.00 bits per heavy atom. The molecule has 3 aromatic rings. The van der Waals surface area contributed by atoms with Crippen LogP contribution in [0.5, 0.6) is 11.5 Å². The number of benzene rings is 3. The Morgan fingerprint density at radius 3 is 2.39 bits per heavy atom. The number of hydrogen-bond donors (Lipinski definition) is 1. The molecule has 7 nitrogen and oxygen atoms in total. The van der Waals surface area contributed by atoms with Crippen LogP contribution >= 0.6 is 0 Å². The summed E-state index contributed by atoms with van der Waals surface area (Å²) in [5.41, 5.74) is 4.19. The van der Waals surface area contributed by atoms with Gasteiger partial charge < -0.3 is 24.6 Å². The Bertz CT molecular complexity index is 1320. The first kappa shape index (κ1) is 23.7. The molecule has 0 saturated carbocycles. The van der Waals surface area contributed by atoms with Crippen LogP contribution in [0.3, 0.4) is 0 Å². The van der Waals surface area contributed by atoms with Gasteiger partial charge in [-0.05, 0) is 55.2 Å². The standard InChI is InChI=1S/C29H31N3O4/c1-5-30-28(34)32-15-14-21-16-25(35-3)26(36-4)17-23(21)29(32)22-8-6-7-9-24(22)31(27(29)33)18-20-12-10-19(2)11-13-20/h6-13,16-17H,5,14-15,18H2,1-4H3,(H,30,34). The Kier molecular flexibility index (Phi) is 6.08. The second-order valence-corrected chi connectivity index (χ2v) is 9.21. The number of carbonyl (C=O) groups excluding carboxylic acids is 2. The minimum absolute atomic E-state index is 0.149. The van der Waals surface area contributed by atoms with E-state index in [1.54, 1.807) is 24.0 Å². The van der Waals surface area contributed by atoms with Gasteiger partial charge in [0, 0.05) is 18.7 Å². The Labute approximate surface area is 211 Å². The van der Waals surface area contributed by atoms with E-state index in [9.17, 15) is 9.59 Å². The summed E-state index contributed by atoms with van der Waals surface area (Å²) in [6.07, 6.45) is 0.599. The van der Waals surface area contributed by atoms with Crippen LogP contribution in [0.1, 0.15) is 34.7 Å². The fourth-order valence-corrected chi connectivity index (χ4v) is 5.50. The molecule has 0 bridgehead atoms. The Balaban J connectivity index is 1.75. The van der Waals surface area contributed by atoms with Crippen LogP contribution in [0.25, 0.3) is 0 Å². The Hall–Kier alpha value is -4.00. The zero-order valence-electron chi connectivity index (χ0n) is 21.1. The van der Waals surface area contributed by atoms with Crippen LogP contribution in [0.15, 0.2) is 60.7 Å². The molecule has 3 aromatic carbocycles. The number of aryl methyl sites for hydroxylation is 1. The number of anilines is 1. The molecule has 1 atom stereocenters. The van der Waals surface area contributed by atoms with Gasteiger partial charge in [0.15, 0.2) is 17.0 Å². The van der Waals surface area contributed by atoms with E-state index in [-0.39, 0.29) is 11.9 Å². The molecular formula is C29H31N3O4. The number of nitrogens with zero attached hydrogens (tertiary/aromatic N) is 2. The third kappa shape index (κ3) is 3.49. The number of ether oxygens (including phenoxy) is 2. The maximum absolute atomic E-state index is 14.7. The predicted octanol–water partition coefficient (Wildman–Crippen LogP) is 4.39. The first-order valence-electron chi connectivity index (χ1n) is 12.2. The summed E-state index contributed by atoms with van der Waals surface area (Å²) in [5.74, 6) is 0.979. The number of nitrogens with one attached hydrogen (secondary N) is 1. The lowest BCUT2D eigenvalue weighted by Crippen LogP contribution is -2.61. The highest BCUT2D eigenvalue weighted by Crippen LogP contribution is 2.53. The highest BCUT2D eigenvalue weighted by atomic mass is 16.5. The van der Waals surface area contributed by atoms with Gasteiger partial charge in [0.05, 0.1) is 26.5 Å². The SMILES string of the molecule is CCNC(=O)N1CCc2cc(OC)c(OC)cc2C12C(=O)N(Cc1ccc(C)cc1)c1ccccc12. The summed E-state index contributed by atoms with van der Waals surface area (Å²) in [6, 6.07) is 19.5. The summed E-state index contributed by atoms with van der Waals surface area (Å²) in [5, 5.41) is 2.93. The molecule has 5 rings (SSSR count). The zero-order chi connectivity index (χ0) is 25.4. The summed E-state index contributed by atoms with van der Waals surface area (Å²) < 4.78 is 11.2. The van der Waals surface area contributed by atoms with E-state index in [0.29, 0.717) is 37.6 Å². The fraction of sp³-hybridized carbons (Fsp3) is 0.310. The minimum Gasteiger partial charge on any atom is -0.493 e. The van der Waals surface area contributed by atoms with Gasteiger partial charge in [-0.3, -0.25) is 4.79 Å². The molecule has 3 amide bonds. The summed E-state index contributed by atoms with van der Waals surface area (Å²) >= 11 is 0. The number of amides is 3. The van der Waals surface area contributed by atoms with Crippen LogP contribution in [0.4, 0.5) is 10.5 Å². The molecule has 2 heterocycles. The molecule has 0 aliphatic carbocycles. The minimum atomic E-state index is -1.31. The number of fused-ring (bicyclic) bond motifs is 4. The molecule has 0 saturated heterocycles. The van der Waals surface area contributed by atoms with E-state index in [4.69, 9.17) is 9.47 Å². The molecule has 0 radical (unpaired) electrons. The molecule has 186 valence electrons. The number of hydrogen-bond acceptors (Lipinski definition) is 4. The summed E-state index contributed by atoms with van der Waals surface area (Å²) in [6.45, 7) is 5.19. The van der Waals surface area contributed by atoms with Gasteiger partial charge >= 0.3 is 6.03 Å². The number of methoxy groups -OCH3 is 2. The molecule has 1 spiro atoms. The lowest BCUT2D eigenvalue weighted by Gasteiger charge is -2.45. The Morgan fingerprint density at radius 2 is 1.69 bits per heavy atom. The number of urea groups is 1.